The number of ether oxygens (including phenoxy) is 1. The first-order chi connectivity index (χ1) is 17.6. The number of aromatic nitrogens is 4. The smallest absolute Gasteiger partial charge is 0.272 e. The molecule has 4 aromatic rings. The van der Waals surface area contributed by atoms with Crippen molar-refractivity contribution in [3.05, 3.63) is 107 Å². The van der Waals surface area contributed by atoms with E-state index in [0.717, 1.165) is 28.3 Å². The molecule has 0 bridgehead atoms. The molecule has 182 valence electrons. The number of rotatable bonds is 7. The standard InChI is InChI=1S/C27H26N6O3/c1-36-22-7-5-19(6-8-22)16-30-26(34)25-23-18-32(27(35)20-9-13-28-14-10-20)15-11-24(23)33(31-25)17-21-4-2-3-12-29-21/h2-10,12-14H,11,15-18H2,1H3,(H,30,34). The van der Waals surface area contributed by atoms with Gasteiger partial charge in [0.25, 0.3) is 11.8 Å². The summed E-state index contributed by atoms with van der Waals surface area (Å²) in [6.45, 7) is 1.65. The lowest BCUT2D eigenvalue weighted by molar-refractivity contribution is 0.0730. The van der Waals surface area contributed by atoms with Crippen LogP contribution in [0.1, 0.15) is 43.4 Å². The van der Waals surface area contributed by atoms with Gasteiger partial charge in [-0.25, -0.2) is 0 Å². The number of methoxy groups -OCH3 is 1. The summed E-state index contributed by atoms with van der Waals surface area (Å²) < 4.78 is 7.04. The van der Waals surface area contributed by atoms with Crippen LogP contribution in [0.5, 0.6) is 5.75 Å². The van der Waals surface area contributed by atoms with Crippen molar-refractivity contribution in [2.45, 2.75) is 26.1 Å². The van der Waals surface area contributed by atoms with Gasteiger partial charge in [-0.05, 0) is 42.0 Å². The maximum atomic E-state index is 13.3. The Hall–Kier alpha value is -4.53. The largest absolute Gasteiger partial charge is 0.497 e. The molecule has 0 spiro atoms. The minimum atomic E-state index is -0.278. The van der Waals surface area contributed by atoms with Crippen LogP contribution in [0.2, 0.25) is 0 Å². The van der Waals surface area contributed by atoms with Crippen molar-refractivity contribution in [3.8, 4) is 5.75 Å². The van der Waals surface area contributed by atoms with E-state index in [-0.39, 0.29) is 11.8 Å². The summed E-state index contributed by atoms with van der Waals surface area (Å²) >= 11 is 0. The molecule has 3 aromatic heterocycles. The van der Waals surface area contributed by atoms with E-state index in [9.17, 15) is 9.59 Å². The summed E-state index contributed by atoms with van der Waals surface area (Å²) in [7, 11) is 1.62. The Kier molecular flexibility index (Phi) is 6.70. The zero-order chi connectivity index (χ0) is 24.9. The van der Waals surface area contributed by atoms with Crippen LogP contribution in [0.15, 0.2) is 73.2 Å². The second-order valence-corrected chi connectivity index (χ2v) is 8.50. The second kappa shape index (κ2) is 10.4. The summed E-state index contributed by atoms with van der Waals surface area (Å²) in [6, 6.07) is 16.6. The average Bonchev–Trinajstić information content (AvgIpc) is 3.30. The van der Waals surface area contributed by atoms with Gasteiger partial charge in [-0.2, -0.15) is 5.10 Å². The summed E-state index contributed by atoms with van der Waals surface area (Å²) in [6.07, 6.45) is 5.54. The summed E-state index contributed by atoms with van der Waals surface area (Å²) in [5.41, 5.74) is 4.42. The Labute approximate surface area is 208 Å². The maximum Gasteiger partial charge on any atom is 0.272 e. The van der Waals surface area contributed by atoms with E-state index in [1.54, 1.807) is 42.7 Å². The molecule has 9 heteroatoms. The van der Waals surface area contributed by atoms with Gasteiger partial charge in [0.15, 0.2) is 5.69 Å². The predicted molar refractivity (Wildman–Crippen MR) is 132 cm³/mol. The van der Waals surface area contributed by atoms with Crippen LogP contribution in [0.25, 0.3) is 0 Å². The van der Waals surface area contributed by atoms with Crippen LogP contribution in [-0.2, 0) is 26.1 Å². The Morgan fingerprint density at radius 3 is 2.56 bits per heavy atom. The molecule has 2 amide bonds. The summed E-state index contributed by atoms with van der Waals surface area (Å²) in [4.78, 5) is 36.5. The highest BCUT2D eigenvalue weighted by atomic mass is 16.5. The van der Waals surface area contributed by atoms with Gasteiger partial charge in [0.05, 0.1) is 25.9 Å². The van der Waals surface area contributed by atoms with Gasteiger partial charge >= 0.3 is 0 Å². The molecule has 36 heavy (non-hydrogen) atoms. The number of hydrogen-bond acceptors (Lipinski definition) is 6. The molecule has 0 unspecified atom stereocenters. The minimum Gasteiger partial charge on any atom is -0.497 e. The molecule has 1 aliphatic heterocycles. The van der Waals surface area contributed by atoms with Gasteiger partial charge in [0.2, 0.25) is 0 Å². The Morgan fingerprint density at radius 2 is 1.83 bits per heavy atom. The molecule has 1 aliphatic rings. The number of nitrogens with one attached hydrogen (secondary N) is 1. The van der Waals surface area contributed by atoms with Crippen LogP contribution in [-0.4, -0.2) is 50.1 Å². The van der Waals surface area contributed by atoms with Gasteiger partial charge in [0.1, 0.15) is 5.75 Å². The van der Waals surface area contributed by atoms with Gasteiger partial charge < -0.3 is 15.0 Å². The second-order valence-electron chi connectivity index (χ2n) is 8.50. The average molecular weight is 483 g/mol. The highest BCUT2D eigenvalue weighted by Crippen LogP contribution is 2.25. The first-order valence-corrected chi connectivity index (χ1v) is 11.7. The van der Waals surface area contributed by atoms with Crippen LogP contribution in [0.4, 0.5) is 0 Å². The third-order valence-corrected chi connectivity index (χ3v) is 6.21. The highest BCUT2D eigenvalue weighted by Gasteiger charge is 2.30. The maximum absolute atomic E-state index is 13.3. The van der Waals surface area contributed by atoms with Crippen molar-refractivity contribution < 1.29 is 14.3 Å². The van der Waals surface area contributed by atoms with Crippen molar-refractivity contribution in [1.82, 2.24) is 30.0 Å². The molecule has 0 atom stereocenters. The van der Waals surface area contributed by atoms with Crippen molar-refractivity contribution in [1.29, 1.82) is 0 Å². The number of pyridine rings is 2. The number of hydrogen-bond donors (Lipinski definition) is 1. The van der Waals surface area contributed by atoms with E-state index < -0.39 is 0 Å². The normalized spacial score (nSPS) is 12.6. The lowest BCUT2D eigenvalue weighted by Gasteiger charge is -2.28. The summed E-state index contributed by atoms with van der Waals surface area (Å²) in [5.74, 6) is 0.386. The van der Waals surface area contributed by atoms with Crippen LogP contribution in [0.3, 0.4) is 0 Å². The van der Waals surface area contributed by atoms with Crippen molar-refractivity contribution in [2.24, 2.45) is 0 Å². The third-order valence-electron chi connectivity index (χ3n) is 6.21. The minimum absolute atomic E-state index is 0.0925. The Balaban J connectivity index is 1.40. The zero-order valence-corrected chi connectivity index (χ0v) is 19.9. The fraction of sp³-hybridized carbons (Fsp3) is 0.222. The van der Waals surface area contributed by atoms with E-state index in [4.69, 9.17) is 4.74 Å². The van der Waals surface area contributed by atoms with E-state index >= 15 is 0 Å². The zero-order valence-electron chi connectivity index (χ0n) is 19.9. The molecule has 1 N–H and O–H groups in total. The predicted octanol–water partition coefficient (Wildman–Crippen LogP) is 2.86. The topological polar surface area (TPSA) is 102 Å². The van der Waals surface area contributed by atoms with Crippen molar-refractivity contribution in [2.75, 3.05) is 13.7 Å². The van der Waals surface area contributed by atoms with Crippen LogP contribution < -0.4 is 10.1 Å². The molecular formula is C27H26N6O3. The molecule has 1 aromatic carbocycles. The number of nitrogens with zero attached hydrogens (tertiary/aromatic N) is 5. The molecular weight excluding hydrogens is 456 g/mol. The fourth-order valence-electron chi connectivity index (χ4n) is 4.31. The van der Waals surface area contributed by atoms with Crippen molar-refractivity contribution in [3.63, 3.8) is 0 Å². The number of fused-ring (bicyclic) bond motifs is 1. The lowest BCUT2D eigenvalue weighted by atomic mass is 10.0. The molecule has 0 radical (unpaired) electrons. The summed E-state index contributed by atoms with van der Waals surface area (Å²) in [5, 5.41) is 7.66. The van der Waals surface area contributed by atoms with Gasteiger partial charge in [-0.15, -0.1) is 0 Å². The monoisotopic (exact) mass is 482 g/mol. The number of amides is 2. The molecule has 4 heterocycles. The van der Waals surface area contributed by atoms with Gasteiger partial charge in [-0.1, -0.05) is 18.2 Å². The van der Waals surface area contributed by atoms with E-state index in [1.807, 2.05) is 47.1 Å². The van der Waals surface area contributed by atoms with Crippen molar-refractivity contribution >= 4 is 11.8 Å². The Morgan fingerprint density at radius 1 is 1.03 bits per heavy atom. The molecule has 0 aliphatic carbocycles. The van der Waals surface area contributed by atoms with Crippen LogP contribution in [0, 0.1) is 0 Å². The molecule has 0 saturated carbocycles. The number of carbonyl (C=O) groups is 2. The van der Waals surface area contributed by atoms with E-state index in [0.29, 0.717) is 43.9 Å². The molecule has 9 nitrogen and oxygen atoms in total. The van der Waals surface area contributed by atoms with Crippen LogP contribution >= 0.6 is 0 Å². The quantitative estimate of drug-likeness (QED) is 0.435. The highest BCUT2D eigenvalue weighted by molar-refractivity contribution is 5.96. The van der Waals surface area contributed by atoms with Gasteiger partial charge in [-0.3, -0.25) is 24.2 Å². The third kappa shape index (κ3) is 4.95. The SMILES string of the molecule is COc1ccc(CNC(=O)c2nn(Cc3ccccn3)c3c2CN(C(=O)c2ccncc2)CC3)cc1. The first kappa shape index (κ1) is 23.2. The first-order valence-electron chi connectivity index (χ1n) is 11.7. The molecule has 0 saturated heterocycles. The Bertz CT molecular complexity index is 1350. The number of benzene rings is 1. The lowest BCUT2D eigenvalue weighted by Crippen LogP contribution is -2.37. The van der Waals surface area contributed by atoms with E-state index in [2.05, 4.69) is 20.4 Å². The van der Waals surface area contributed by atoms with Gasteiger partial charge in [0, 0.05) is 54.9 Å². The molecule has 0 fully saturated rings. The number of carbonyl (C=O) groups excluding carboxylic acids is 2. The fourth-order valence-corrected chi connectivity index (χ4v) is 4.31. The molecule has 5 rings (SSSR count). The van der Waals surface area contributed by atoms with E-state index in [1.165, 1.54) is 0 Å².